The molecular formula is C23H24N2O. The number of aromatic amines is 1. The number of nitrogens with zero attached hydrogens (tertiary/aromatic N) is 1. The topological polar surface area (TPSA) is 45.8 Å². The lowest BCUT2D eigenvalue weighted by Gasteiger charge is -2.09. The zero-order valence-corrected chi connectivity index (χ0v) is 15.3. The van der Waals surface area contributed by atoms with Crippen LogP contribution in [0.5, 0.6) is 0 Å². The van der Waals surface area contributed by atoms with E-state index in [2.05, 4.69) is 65.4 Å². The number of carbonyl (C=O) groups excluding carboxylic acids is 1. The number of benzene rings is 2. The molecule has 132 valence electrons. The van der Waals surface area contributed by atoms with Crippen molar-refractivity contribution in [3.05, 3.63) is 89.0 Å². The molecule has 0 spiro atoms. The van der Waals surface area contributed by atoms with Crippen LogP contribution in [0.25, 0.3) is 12.2 Å². The molecule has 1 aromatic heterocycles. The molecular weight excluding hydrogens is 320 g/mol. The second-order valence-electron chi connectivity index (χ2n) is 6.79. The number of rotatable bonds is 7. The number of carbonyl (C=O) groups is 1. The van der Waals surface area contributed by atoms with E-state index in [0.717, 1.165) is 16.8 Å². The van der Waals surface area contributed by atoms with E-state index in [-0.39, 0.29) is 11.7 Å². The molecule has 0 radical (unpaired) electrons. The summed E-state index contributed by atoms with van der Waals surface area (Å²) < 4.78 is 0. The third-order valence-corrected chi connectivity index (χ3v) is 4.52. The second-order valence-corrected chi connectivity index (χ2v) is 6.79. The Kier molecular flexibility index (Phi) is 5.80. The van der Waals surface area contributed by atoms with E-state index in [1.54, 1.807) is 6.33 Å². The highest BCUT2D eigenvalue weighted by Gasteiger charge is 2.15. The third kappa shape index (κ3) is 5.03. The van der Waals surface area contributed by atoms with Gasteiger partial charge in [0, 0.05) is 25.0 Å². The first kappa shape index (κ1) is 17.9. The van der Waals surface area contributed by atoms with Crippen LogP contribution >= 0.6 is 0 Å². The van der Waals surface area contributed by atoms with Gasteiger partial charge in [0.1, 0.15) is 5.78 Å². The van der Waals surface area contributed by atoms with Gasteiger partial charge >= 0.3 is 0 Å². The van der Waals surface area contributed by atoms with Crippen molar-refractivity contribution in [3.8, 4) is 0 Å². The van der Waals surface area contributed by atoms with Crippen molar-refractivity contribution in [2.45, 2.75) is 26.7 Å². The molecule has 1 heterocycles. The smallest absolute Gasteiger partial charge is 0.140 e. The molecule has 0 amide bonds. The fourth-order valence-electron chi connectivity index (χ4n) is 2.82. The molecule has 1 atom stereocenters. The molecule has 0 bridgehead atoms. The minimum atomic E-state index is -0.0283. The molecule has 0 aliphatic rings. The van der Waals surface area contributed by atoms with E-state index >= 15 is 0 Å². The summed E-state index contributed by atoms with van der Waals surface area (Å²) in [6.07, 6.45) is 8.84. The Balaban J connectivity index is 1.56. The maximum Gasteiger partial charge on any atom is 0.140 e. The summed E-state index contributed by atoms with van der Waals surface area (Å²) in [6.45, 7) is 4.05. The van der Waals surface area contributed by atoms with Gasteiger partial charge in [-0.2, -0.15) is 0 Å². The lowest BCUT2D eigenvalue weighted by molar-refractivity contribution is -0.121. The van der Waals surface area contributed by atoms with E-state index in [4.69, 9.17) is 0 Å². The number of aromatic nitrogens is 2. The first-order chi connectivity index (χ1) is 12.6. The monoisotopic (exact) mass is 344 g/mol. The van der Waals surface area contributed by atoms with E-state index in [0.29, 0.717) is 12.8 Å². The molecule has 0 unspecified atom stereocenters. The Morgan fingerprint density at radius 2 is 1.65 bits per heavy atom. The number of hydrogen-bond acceptors (Lipinski definition) is 2. The Morgan fingerprint density at radius 3 is 2.23 bits per heavy atom. The van der Waals surface area contributed by atoms with Gasteiger partial charge in [-0.05, 0) is 23.6 Å². The number of ketones is 1. The first-order valence-electron chi connectivity index (χ1n) is 8.94. The Hall–Kier alpha value is -2.94. The summed E-state index contributed by atoms with van der Waals surface area (Å²) in [5.74, 6) is 0.218. The number of aryl methyl sites for hydroxylation is 1. The van der Waals surface area contributed by atoms with E-state index in [1.807, 2.05) is 25.3 Å². The number of Topliss-reactive ketones (excluding diaryl/α,β-unsaturated/α-hetero) is 1. The van der Waals surface area contributed by atoms with Crippen LogP contribution in [-0.2, 0) is 17.6 Å². The summed E-state index contributed by atoms with van der Waals surface area (Å²) in [5, 5.41) is 0. The Bertz CT molecular complexity index is 860. The molecule has 0 fully saturated rings. The van der Waals surface area contributed by atoms with Gasteiger partial charge in [-0.25, -0.2) is 4.98 Å². The summed E-state index contributed by atoms with van der Waals surface area (Å²) >= 11 is 0. The van der Waals surface area contributed by atoms with Gasteiger partial charge in [0.15, 0.2) is 0 Å². The van der Waals surface area contributed by atoms with Gasteiger partial charge in [-0.1, -0.05) is 73.2 Å². The minimum Gasteiger partial charge on any atom is -0.351 e. The van der Waals surface area contributed by atoms with Crippen LogP contribution in [0.1, 0.15) is 34.9 Å². The average molecular weight is 344 g/mol. The van der Waals surface area contributed by atoms with Gasteiger partial charge < -0.3 is 4.98 Å². The normalized spacial score (nSPS) is 12.4. The first-order valence-corrected chi connectivity index (χ1v) is 8.94. The molecule has 3 heteroatoms. The number of nitrogens with one attached hydrogen (secondary N) is 1. The fraction of sp³-hybridized carbons (Fsp3) is 0.217. The second kappa shape index (κ2) is 8.43. The quantitative estimate of drug-likeness (QED) is 0.621. The van der Waals surface area contributed by atoms with Crippen LogP contribution in [0, 0.1) is 12.8 Å². The summed E-state index contributed by atoms with van der Waals surface area (Å²) in [7, 11) is 0. The van der Waals surface area contributed by atoms with Crippen molar-refractivity contribution >= 4 is 17.9 Å². The van der Waals surface area contributed by atoms with Crippen LogP contribution < -0.4 is 0 Å². The predicted molar refractivity (Wildman–Crippen MR) is 107 cm³/mol. The summed E-state index contributed by atoms with van der Waals surface area (Å²) in [6, 6.07) is 16.6. The summed E-state index contributed by atoms with van der Waals surface area (Å²) in [5.41, 5.74) is 5.56. The molecule has 1 N–H and O–H groups in total. The van der Waals surface area contributed by atoms with Crippen LogP contribution in [-0.4, -0.2) is 15.8 Å². The molecule has 3 aromatic rings. The number of imidazole rings is 1. The van der Waals surface area contributed by atoms with Crippen molar-refractivity contribution in [1.29, 1.82) is 0 Å². The molecule has 2 aromatic carbocycles. The third-order valence-electron chi connectivity index (χ3n) is 4.52. The van der Waals surface area contributed by atoms with Gasteiger partial charge in [-0.15, -0.1) is 0 Å². The van der Waals surface area contributed by atoms with Gasteiger partial charge in [0.05, 0.1) is 12.0 Å². The fourth-order valence-corrected chi connectivity index (χ4v) is 2.82. The van der Waals surface area contributed by atoms with Gasteiger partial charge in [0.2, 0.25) is 0 Å². The van der Waals surface area contributed by atoms with Crippen LogP contribution in [0.15, 0.2) is 61.1 Å². The van der Waals surface area contributed by atoms with Crippen molar-refractivity contribution in [1.82, 2.24) is 9.97 Å². The minimum absolute atomic E-state index is 0.0283. The van der Waals surface area contributed by atoms with Crippen molar-refractivity contribution in [2.75, 3.05) is 0 Å². The maximum atomic E-state index is 12.4. The number of H-pyrrole nitrogens is 1. The molecule has 0 aliphatic carbocycles. The van der Waals surface area contributed by atoms with E-state index in [9.17, 15) is 4.79 Å². The largest absolute Gasteiger partial charge is 0.351 e. The van der Waals surface area contributed by atoms with Crippen molar-refractivity contribution < 1.29 is 4.79 Å². The van der Waals surface area contributed by atoms with Gasteiger partial charge in [0.25, 0.3) is 0 Å². The van der Waals surface area contributed by atoms with E-state index < -0.39 is 0 Å². The van der Waals surface area contributed by atoms with Crippen LogP contribution in [0.2, 0.25) is 0 Å². The highest BCUT2D eigenvalue weighted by Crippen LogP contribution is 2.14. The highest BCUT2D eigenvalue weighted by atomic mass is 16.1. The standard InChI is InChI=1S/C23H24N2O/c1-17-3-5-19(6-4-17)7-8-20-9-11-21(12-10-20)14-23(26)18(2)13-22-15-24-16-25-22/h3-12,15-16,18H,13-14H2,1-2H3,(H,24,25)/b8-7+/t18-/m0/s1. The maximum absolute atomic E-state index is 12.4. The number of hydrogen-bond donors (Lipinski definition) is 1. The molecule has 0 aliphatic heterocycles. The van der Waals surface area contributed by atoms with Crippen LogP contribution in [0.3, 0.4) is 0 Å². The Labute approximate surface area is 154 Å². The zero-order chi connectivity index (χ0) is 18.4. The highest BCUT2D eigenvalue weighted by molar-refractivity contribution is 5.83. The molecule has 0 saturated carbocycles. The van der Waals surface area contributed by atoms with Crippen LogP contribution in [0.4, 0.5) is 0 Å². The molecule has 0 saturated heterocycles. The Morgan fingerprint density at radius 1 is 1.04 bits per heavy atom. The lowest BCUT2D eigenvalue weighted by atomic mass is 9.95. The lowest BCUT2D eigenvalue weighted by Crippen LogP contribution is -2.16. The van der Waals surface area contributed by atoms with Crippen molar-refractivity contribution in [3.63, 3.8) is 0 Å². The summed E-state index contributed by atoms with van der Waals surface area (Å²) in [4.78, 5) is 19.5. The molecule has 3 rings (SSSR count). The average Bonchev–Trinajstić information content (AvgIpc) is 3.15. The van der Waals surface area contributed by atoms with Crippen molar-refractivity contribution in [2.24, 2.45) is 5.92 Å². The molecule has 26 heavy (non-hydrogen) atoms. The zero-order valence-electron chi connectivity index (χ0n) is 15.3. The molecule has 3 nitrogen and oxygen atoms in total. The van der Waals surface area contributed by atoms with E-state index in [1.165, 1.54) is 11.1 Å². The van der Waals surface area contributed by atoms with Gasteiger partial charge in [-0.3, -0.25) is 4.79 Å². The predicted octanol–water partition coefficient (Wildman–Crippen LogP) is 4.88. The SMILES string of the molecule is Cc1ccc(/C=C/c2ccc(CC(=O)[C@@H](C)Cc3c[nH]cn3)cc2)cc1.